The van der Waals surface area contributed by atoms with Gasteiger partial charge in [-0.25, -0.2) is 0 Å². The van der Waals surface area contributed by atoms with Gasteiger partial charge >= 0.3 is 0 Å². The van der Waals surface area contributed by atoms with Gasteiger partial charge in [-0.05, 0) is 49.8 Å². The van der Waals surface area contributed by atoms with Crippen LogP contribution in [0.25, 0.3) is 0 Å². The lowest BCUT2D eigenvalue weighted by atomic mass is 10.1. The number of fused-ring (bicyclic) bond motifs is 1. The number of phenolic OH excluding ortho intramolecular Hbond substituents is 1. The first-order chi connectivity index (χ1) is 11.1. The van der Waals surface area contributed by atoms with Crippen molar-refractivity contribution in [2.75, 3.05) is 19.7 Å². The van der Waals surface area contributed by atoms with Crippen molar-refractivity contribution in [3.63, 3.8) is 0 Å². The first kappa shape index (κ1) is 15.0. The minimum absolute atomic E-state index is 0.0945. The van der Waals surface area contributed by atoms with E-state index in [1.807, 2.05) is 6.92 Å². The molecule has 5 nitrogen and oxygen atoms in total. The zero-order valence-electron chi connectivity index (χ0n) is 13.5. The molecule has 0 bridgehead atoms. The number of hydrogen-bond donors (Lipinski definition) is 2. The largest absolute Gasteiger partial charge is 0.508 e. The topological polar surface area (TPSA) is 61.8 Å². The number of carbonyl (C=O) groups excluding carboxylic acids is 1. The van der Waals surface area contributed by atoms with E-state index >= 15 is 0 Å². The summed E-state index contributed by atoms with van der Waals surface area (Å²) in [6.07, 6.45) is 3.95. The number of rotatable bonds is 3. The van der Waals surface area contributed by atoms with E-state index in [9.17, 15) is 9.90 Å². The molecule has 2 aliphatic heterocycles. The number of amides is 1. The van der Waals surface area contributed by atoms with Crippen molar-refractivity contribution in [3.8, 4) is 5.75 Å². The van der Waals surface area contributed by atoms with Crippen LogP contribution >= 0.6 is 0 Å². The lowest BCUT2D eigenvalue weighted by Crippen LogP contribution is -2.47. The Hall–Kier alpha value is -1.59. The zero-order chi connectivity index (χ0) is 16.0. The van der Waals surface area contributed by atoms with Crippen molar-refractivity contribution >= 4 is 5.91 Å². The third kappa shape index (κ3) is 3.08. The molecule has 3 aliphatic rings. The van der Waals surface area contributed by atoms with Gasteiger partial charge in [-0.2, -0.15) is 0 Å². The van der Waals surface area contributed by atoms with E-state index in [0.29, 0.717) is 17.7 Å². The van der Waals surface area contributed by atoms with E-state index < -0.39 is 0 Å². The van der Waals surface area contributed by atoms with Crippen molar-refractivity contribution in [1.29, 1.82) is 0 Å². The van der Waals surface area contributed by atoms with Gasteiger partial charge in [-0.3, -0.25) is 9.69 Å². The Morgan fingerprint density at radius 2 is 2.17 bits per heavy atom. The van der Waals surface area contributed by atoms with Crippen LogP contribution in [0.1, 0.15) is 35.2 Å². The summed E-state index contributed by atoms with van der Waals surface area (Å²) in [4.78, 5) is 15.0. The molecule has 1 aromatic carbocycles. The van der Waals surface area contributed by atoms with Gasteiger partial charge in [0.15, 0.2) is 0 Å². The highest BCUT2D eigenvalue weighted by atomic mass is 16.5. The van der Waals surface area contributed by atoms with E-state index in [4.69, 9.17) is 4.74 Å². The summed E-state index contributed by atoms with van der Waals surface area (Å²) in [5, 5.41) is 12.7. The van der Waals surface area contributed by atoms with Crippen molar-refractivity contribution < 1.29 is 14.6 Å². The first-order valence-corrected chi connectivity index (χ1v) is 8.56. The summed E-state index contributed by atoms with van der Waals surface area (Å²) in [7, 11) is 0. The maximum atomic E-state index is 12.5. The summed E-state index contributed by atoms with van der Waals surface area (Å²) in [6.45, 7) is 4.59. The summed E-state index contributed by atoms with van der Waals surface area (Å²) in [6, 6.07) is 5.52. The molecule has 23 heavy (non-hydrogen) atoms. The predicted octanol–water partition coefficient (Wildman–Crippen LogP) is 1.68. The van der Waals surface area contributed by atoms with Gasteiger partial charge in [0.2, 0.25) is 0 Å². The van der Waals surface area contributed by atoms with Crippen LogP contribution in [0.4, 0.5) is 0 Å². The average molecular weight is 316 g/mol. The molecule has 1 amide bonds. The van der Waals surface area contributed by atoms with E-state index in [2.05, 4.69) is 10.2 Å². The fourth-order valence-electron chi connectivity index (χ4n) is 3.88. The fraction of sp³-hybridized carbons (Fsp3) is 0.611. The van der Waals surface area contributed by atoms with Gasteiger partial charge in [-0.1, -0.05) is 6.07 Å². The Labute approximate surface area is 136 Å². The molecule has 2 saturated heterocycles. The summed E-state index contributed by atoms with van der Waals surface area (Å²) in [5.41, 5.74) is 1.44. The Kier molecular flexibility index (Phi) is 3.77. The number of benzene rings is 1. The minimum atomic E-state index is -0.0945. The van der Waals surface area contributed by atoms with Gasteiger partial charge in [0.05, 0.1) is 12.7 Å². The SMILES string of the molecule is Cc1ccc(O)cc1C(=O)N[C@H]1C[C@H]2CO[C@@H](C3CC3)CN2C1. The Morgan fingerprint density at radius 3 is 2.96 bits per heavy atom. The molecule has 2 heterocycles. The third-order valence-corrected chi connectivity index (χ3v) is 5.39. The molecule has 3 fully saturated rings. The number of morpholine rings is 1. The van der Waals surface area contributed by atoms with Crippen LogP contribution in [0.15, 0.2) is 18.2 Å². The smallest absolute Gasteiger partial charge is 0.251 e. The second-order valence-corrected chi connectivity index (χ2v) is 7.22. The molecule has 1 aliphatic carbocycles. The average Bonchev–Trinajstić information content (AvgIpc) is 3.30. The number of hydrogen-bond acceptors (Lipinski definition) is 4. The summed E-state index contributed by atoms with van der Waals surface area (Å²) < 4.78 is 6.00. The van der Waals surface area contributed by atoms with Gasteiger partial charge in [-0.15, -0.1) is 0 Å². The lowest BCUT2D eigenvalue weighted by Gasteiger charge is -2.35. The summed E-state index contributed by atoms with van der Waals surface area (Å²) >= 11 is 0. The number of nitrogens with zero attached hydrogens (tertiary/aromatic N) is 1. The second-order valence-electron chi connectivity index (χ2n) is 7.22. The fourth-order valence-corrected chi connectivity index (χ4v) is 3.88. The van der Waals surface area contributed by atoms with Crippen LogP contribution in [0, 0.1) is 12.8 Å². The standard InChI is InChI=1S/C18H24N2O3/c1-11-2-5-15(21)7-16(11)18(22)19-13-6-14-10-23-17(12-3-4-12)9-20(14)8-13/h2,5,7,12-14,17,21H,3-4,6,8-10H2,1H3,(H,19,22)/t13-,14-,17+/m0/s1. The molecule has 5 heteroatoms. The molecule has 0 unspecified atom stereocenters. The molecule has 1 aromatic rings. The first-order valence-electron chi connectivity index (χ1n) is 8.56. The van der Waals surface area contributed by atoms with Crippen LogP contribution < -0.4 is 5.32 Å². The Morgan fingerprint density at radius 1 is 1.35 bits per heavy atom. The van der Waals surface area contributed by atoms with Crippen LogP contribution in [-0.4, -0.2) is 53.8 Å². The second kappa shape index (κ2) is 5.80. The molecule has 2 N–H and O–H groups in total. The van der Waals surface area contributed by atoms with E-state index in [-0.39, 0.29) is 17.7 Å². The minimum Gasteiger partial charge on any atom is -0.508 e. The number of carbonyl (C=O) groups is 1. The van der Waals surface area contributed by atoms with Crippen LogP contribution in [0.3, 0.4) is 0 Å². The lowest BCUT2D eigenvalue weighted by molar-refractivity contribution is -0.0581. The van der Waals surface area contributed by atoms with Crippen LogP contribution in [0.2, 0.25) is 0 Å². The normalized spacial score (nSPS) is 30.9. The van der Waals surface area contributed by atoms with Gasteiger partial charge in [0.25, 0.3) is 5.91 Å². The zero-order valence-corrected chi connectivity index (χ0v) is 13.5. The van der Waals surface area contributed by atoms with Crippen molar-refractivity contribution in [2.24, 2.45) is 5.92 Å². The maximum absolute atomic E-state index is 12.5. The highest BCUT2D eigenvalue weighted by Gasteiger charge is 2.42. The van der Waals surface area contributed by atoms with Crippen LogP contribution in [0.5, 0.6) is 5.75 Å². The molecular formula is C18H24N2O3. The van der Waals surface area contributed by atoms with Crippen LogP contribution in [-0.2, 0) is 4.74 Å². The molecule has 0 aromatic heterocycles. The molecule has 124 valence electrons. The molecule has 3 atom stereocenters. The summed E-state index contributed by atoms with van der Waals surface area (Å²) in [5.74, 6) is 0.799. The maximum Gasteiger partial charge on any atom is 0.251 e. The Bertz CT molecular complexity index is 614. The number of aromatic hydroxyl groups is 1. The molecule has 1 saturated carbocycles. The quantitative estimate of drug-likeness (QED) is 0.891. The molecule has 0 spiro atoms. The van der Waals surface area contributed by atoms with Crippen molar-refractivity contribution in [2.45, 2.75) is 44.4 Å². The highest BCUT2D eigenvalue weighted by Crippen LogP contribution is 2.37. The van der Waals surface area contributed by atoms with E-state index in [1.54, 1.807) is 18.2 Å². The third-order valence-electron chi connectivity index (χ3n) is 5.39. The van der Waals surface area contributed by atoms with Crippen molar-refractivity contribution in [1.82, 2.24) is 10.2 Å². The molecule has 4 rings (SSSR count). The van der Waals surface area contributed by atoms with Gasteiger partial charge < -0.3 is 15.2 Å². The van der Waals surface area contributed by atoms with E-state index in [1.165, 1.54) is 12.8 Å². The highest BCUT2D eigenvalue weighted by molar-refractivity contribution is 5.96. The monoisotopic (exact) mass is 316 g/mol. The number of aryl methyl sites for hydroxylation is 1. The molecule has 0 radical (unpaired) electrons. The predicted molar refractivity (Wildman–Crippen MR) is 86.5 cm³/mol. The van der Waals surface area contributed by atoms with Gasteiger partial charge in [0, 0.05) is 30.7 Å². The van der Waals surface area contributed by atoms with E-state index in [0.717, 1.165) is 37.6 Å². The Balaban J connectivity index is 1.38. The number of ether oxygens (including phenoxy) is 1. The molecular weight excluding hydrogens is 292 g/mol. The van der Waals surface area contributed by atoms with Crippen molar-refractivity contribution in [3.05, 3.63) is 29.3 Å². The number of phenols is 1. The number of nitrogens with one attached hydrogen (secondary N) is 1. The van der Waals surface area contributed by atoms with Gasteiger partial charge in [0.1, 0.15) is 5.75 Å².